The van der Waals surface area contributed by atoms with Crippen LogP contribution in [-0.2, 0) is 0 Å². The Morgan fingerprint density at radius 3 is 3.07 bits per heavy atom. The normalized spacial score (nSPS) is 10.0. The summed E-state index contributed by atoms with van der Waals surface area (Å²) in [5.41, 5.74) is 0.498. The molecule has 2 aromatic rings. The summed E-state index contributed by atoms with van der Waals surface area (Å²) in [6.07, 6.45) is 1.57. The quantitative estimate of drug-likeness (QED) is 0.651. The van der Waals surface area contributed by atoms with Crippen molar-refractivity contribution in [3.8, 4) is 6.07 Å². The average Bonchev–Trinajstić information content (AvgIpc) is 2.23. The van der Waals surface area contributed by atoms with E-state index in [2.05, 4.69) is 4.98 Å². The maximum absolute atomic E-state index is 11.4. The van der Waals surface area contributed by atoms with E-state index in [1.165, 1.54) is 6.07 Å². The first-order chi connectivity index (χ1) is 6.74. The Kier molecular flexibility index (Phi) is 1.95. The van der Waals surface area contributed by atoms with E-state index < -0.39 is 5.56 Å². The van der Waals surface area contributed by atoms with Crippen LogP contribution in [0.15, 0.2) is 29.2 Å². The zero-order valence-electron chi connectivity index (χ0n) is 6.94. The first-order valence-electron chi connectivity index (χ1n) is 3.81. The molecular formula is C9H4ClN3O. The zero-order chi connectivity index (χ0) is 10.1. The minimum atomic E-state index is -0.519. The van der Waals surface area contributed by atoms with E-state index in [-0.39, 0.29) is 5.56 Å². The maximum Gasteiger partial charge on any atom is 0.283 e. The van der Waals surface area contributed by atoms with Gasteiger partial charge in [0.2, 0.25) is 0 Å². The Morgan fingerprint density at radius 2 is 2.36 bits per heavy atom. The Balaban J connectivity index is 3.01. The summed E-state index contributed by atoms with van der Waals surface area (Å²) in [5.74, 6) is 0. The smallest absolute Gasteiger partial charge is 0.266 e. The third-order valence-electron chi connectivity index (χ3n) is 1.84. The molecule has 2 heterocycles. The second-order valence-corrected chi connectivity index (χ2v) is 3.00. The van der Waals surface area contributed by atoms with Crippen LogP contribution in [0.2, 0.25) is 0 Å². The van der Waals surface area contributed by atoms with Crippen molar-refractivity contribution in [1.82, 2.24) is 9.07 Å². The van der Waals surface area contributed by atoms with Crippen molar-refractivity contribution in [2.75, 3.05) is 0 Å². The number of halogens is 1. The highest BCUT2D eigenvalue weighted by Crippen LogP contribution is 2.10. The lowest BCUT2D eigenvalue weighted by atomic mass is 10.2. The van der Waals surface area contributed by atoms with Gasteiger partial charge in [-0.3, -0.25) is 9.78 Å². The van der Waals surface area contributed by atoms with Gasteiger partial charge in [-0.2, -0.15) is 5.26 Å². The van der Waals surface area contributed by atoms with Gasteiger partial charge in [0.25, 0.3) is 5.56 Å². The minimum absolute atomic E-state index is 0.00815. The van der Waals surface area contributed by atoms with Gasteiger partial charge < -0.3 is 0 Å². The Labute approximate surface area is 84.1 Å². The van der Waals surface area contributed by atoms with Crippen LogP contribution in [0.5, 0.6) is 0 Å². The van der Waals surface area contributed by atoms with Gasteiger partial charge >= 0.3 is 0 Å². The molecule has 68 valence electrons. The highest BCUT2D eigenvalue weighted by atomic mass is 35.5. The third-order valence-corrected chi connectivity index (χ3v) is 2.17. The molecule has 0 amide bonds. The molecule has 14 heavy (non-hydrogen) atoms. The molecule has 0 saturated heterocycles. The molecule has 5 heteroatoms. The summed E-state index contributed by atoms with van der Waals surface area (Å²) in [6, 6.07) is 6.54. The number of pyridine rings is 2. The molecule has 0 bridgehead atoms. The summed E-state index contributed by atoms with van der Waals surface area (Å²) in [5, 5.41) is 8.65. The average molecular weight is 206 g/mol. The van der Waals surface area contributed by atoms with E-state index in [1.807, 2.05) is 0 Å². The lowest BCUT2D eigenvalue weighted by molar-refractivity contribution is 1.16. The van der Waals surface area contributed by atoms with Gasteiger partial charge in [-0.1, -0.05) is 0 Å². The predicted molar refractivity (Wildman–Crippen MR) is 52.0 cm³/mol. The van der Waals surface area contributed by atoms with Crippen molar-refractivity contribution in [1.29, 1.82) is 5.26 Å². The molecule has 0 atom stereocenters. The Bertz CT molecular complexity index is 597. The van der Waals surface area contributed by atoms with E-state index in [0.717, 1.165) is 4.09 Å². The number of fused-ring (bicyclic) bond motifs is 1. The highest BCUT2D eigenvalue weighted by Gasteiger charge is 2.06. The third kappa shape index (κ3) is 1.15. The summed E-state index contributed by atoms with van der Waals surface area (Å²) >= 11 is 5.72. The van der Waals surface area contributed by atoms with Crippen LogP contribution in [-0.4, -0.2) is 9.07 Å². The topological polar surface area (TPSA) is 58.7 Å². The molecule has 0 unspecified atom stereocenters. The number of hydrogen-bond acceptors (Lipinski definition) is 3. The molecule has 0 aliphatic heterocycles. The van der Waals surface area contributed by atoms with Crippen molar-refractivity contribution in [3.05, 3.63) is 40.3 Å². The first-order valence-corrected chi connectivity index (χ1v) is 4.15. The Hall–Kier alpha value is -1.86. The standard InChI is InChI=1S/C9H4ClN3O/c10-13-8-2-1-3-12-7(8)4-6(5-11)9(13)14/h1-4H. The zero-order valence-corrected chi connectivity index (χ0v) is 7.69. The van der Waals surface area contributed by atoms with E-state index >= 15 is 0 Å². The molecular weight excluding hydrogens is 202 g/mol. The highest BCUT2D eigenvalue weighted by molar-refractivity contribution is 6.18. The van der Waals surface area contributed by atoms with Crippen molar-refractivity contribution in [2.45, 2.75) is 0 Å². The monoisotopic (exact) mass is 205 g/mol. The summed E-state index contributed by atoms with van der Waals surface area (Å²) in [6.45, 7) is 0. The van der Waals surface area contributed by atoms with Gasteiger partial charge in [0.1, 0.15) is 11.6 Å². The summed E-state index contributed by atoms with van der Waals surface area (Å²) < 4.78 is 0.904. The SMILES string of the molecule is N#Cc1cc2ncccc2n(Cl)c1=O. The molecule has 2 rings (SSSR count). The Morgan fingerprint density at radius 1 is 1.57 bits per heavy atom. The maximum atomic E-state index is 11.4. The first kappa shape index (κ1) is 8.73. The second kappa shape index (κ2) is 3.13. The fourth-order valence-corrected chi connectivity index (χ4v) is 1.41. The molecule has 0 aliphatic rings. The van der Waals surface area contributed by atoms with Gasteiger partial charge in [0.15, 0.2) is 0 Å². The van der Waals surface area contributed by atoms with E-state index in [4.69, 9.17) is 17.0 Å². The molecule has 0 saturated carbocycles. The molecule has 4 nitrogen and oxygen atoms in total. The van der Waals surface area contributed by atoms with Crippen LogP contribution in [0.4, 0.5) is 0 Å². The summed E-state index contributed by atoms with van der Waals surface area (Å²) in [7, 11) is 0. The van der Waals surface area contributed by atoms with Gasteiger partial charge in [0, 0.05) is 18.0 Å². The lowest BCUT2D eigenvalue weighted by Crippen LogP contribution is -2.16. The van der Waals surface area contributed by atoms with Gasteiger partial charge in [-0.05, 0) is 18.2 Å². The van der Waals surface area contributed by atoms with Crippen molar-refractivity contribution in [2.24, 2.45) is 0 Å². The lowest BCUT2D eigenvalue weighted by Gasteiger charge is -2.00. The van der Waals surface area contributed by atoms with Crippen LogP contribution in [0.1, 0.15) is 5.56 Å². The van der Waals surface area contributed by atoms with Crippen LogP contribution in [0, 0.1) is 11.3 Å². The molecule has 0 radical (unpaired) electrons. The van der Waals surface area contributed by atoms with E-state index in [9.17, 15) is 4.79 Å². The van der Waals surface area contributed by atoms with E-state index in [1.54, 1.807) is 24.4 Å². The fraction of sp³-hybridized carbons (Fsp3) is 0. The second-order valence-electron chi connectivity index (χ2n) is 2.66. The minimum Gasteiger partial charge on any atom is -0.266 e. The van der Waals surface area contributed by atoms with E-state index in [0.29, 0.717) is 11.0 Å². The van der Waals surface area contributed by atoms with Gasteiger partial charge in [-0.25, -0.2) is 4.09 Å². The summed E-state index contributed by atoms with van der Waals surface area (Å²) in [4.78, 5) is 15.4. The number of hydrogen-bond donors (Lipinski definition) is 0. The largest absolute Gasteiger partial charge is 0.283 e. The van der Waals surface area contributed by atoms with Crippen LogP contribution < -0.4 is 5.56 Å². The van der Waals surface area contributed by atoms with Gasteiger partial charge in [-0.15, -0.1) is 0 Å². The molecule has 0 N–H and O–H groups in total. The number of rotatable bonds is 0. The van der Waals surface area contributed by atoms with Crippen molar-refractivity contribution < 1.29 is 0 Å². The molecule has 0 spiro atoms. The fourth-order valence-electron chi connectivity index (χ4n) is 1.18. The number of nitrogens with zero attached hydrogens (tertiary/aromatic N) is 3. The van der Waals surface area contributed by atoms with Gasteiger partial charge in [0.05, 0.1) is 11.0 Å². The van der Waals surface area contributed by atoms with Crippen LogP contribution in [0.25, 0.3) is 11.0 Å². The predicted octanol–water partition coefficient (Wildman–Crippen LogP) is 1.27. The van der Waals surface area contributed by atoms with Crippen LogP contribution >= 0.6 is 11.8 Å². The number of nitriles is 1. The molecule has 0 fully saturated rings. The molecule has 0 aromatic carbocycles. The van der Waals surface area contributed by atoms with Crippen molar-refractivity contribution >= 4 is 22.8 Å². The molecule has 0 aliphatic carbocycles. The van der Waals surface area contributed by atoms with Crippen molar-refractivity contribution in [3.63, 3.8) is 0 Å². The molecule has 2 aromatic heterocycles. The van der Waals surface area contributed by atoms with Crippen LogP contribution in [0.3, 0.4) is 0 Å². The number of aromatic nitrogens is 2.